The van der Waals surface area contributed by atoms with Gasteiger partial charge in [0.15, 0.2) is 0 Å². The second-order valence-corrected chi connectivity index (χ2v) is 11.3. The van der Waals surface area contributed by atoms with E-state index in [9.17, 15) is 14.7 Å². The van der Waals surface area contributed by atoms with Crippen LogP contribution >= 0.6 is 24.0 Å². The average Bonchev–Trinajstić information content (AvgIpc) is 3.50. The molecule has 1 aliphatic rings. The molecule has 1 aromatic carbocycles. The number of ether oxygens (including phenoxy) is 1. The fourth-order valence-corrected chi connectivity index (χ4v) is 6.22. The Morgan fingerprint density at radius 3 is 2.58 bits per heavy atom. The summed E-state index contributed by atoms with van der Waals surface area (Å²) < 4.78 is 5.63. The molecular weight excluding hydrogens is 496 g/mol. The topological polar surface area (TPSA) is 106 Å². The van der Waals surface area contributed by atoms with Gasteiger partial charge in [0.1, 0.15) is 16.3 Å². The molecule has 1 saturated heterocycles. The van der Waals surface area contributed by atoms with E-state index in [1.54, 1.807) is 44.0 Å². The van der Waals surface area contributed by atoms with Gasteiger partial charge in [-0.2, -0.15) is 12.6 Å². The molecule has 1 amide bonds. The summed E-state index contributed by atoms with van der Waals surface area (Å²) in [6.07, 6.45) is 6.79. The third kappa shape index (κ3) is 4.59. The van der Waals surface area contributed by atoms with Crippen molar-refractivity contribution in [1.82, 2.24) is 19.9 Å². The van der Waals surface area contributed by atoms with Gasteiger partial charge in [-0.3, -0.25) is 14.8 Å². The van der Waals surface area contributed by atoms with Crippen molar-refractivity contribution in [2.45, 2.75) is 56.5 Å². The molecule has 4 rings (SSSR count). The zero-order valence-corrected chi connectivity index (χ0v) is 22.4. The third-order valence-corrected chi connectivity index (χ3v) is 7.81. The fourth-order valence-electron chi connectivity index (χ4n) is 5.06. The van der Waals surface area contributed by atoms with Gasteiger partial charge in [-0.1, -0.05) is 26.8 Å². The number of carbonyl (C=O) groups excluding carboxylic acids is 1. The number of aromatic nitrogens is 3. The summed E-state index contributed by atoms with van der Waals surface area (Å²) in [6, 6.07) is 4.69. The molecule has 1 fully saturated rings. The monoisotopic (exact) mass is 526 g/mol. The van der Waals surface area contributed by atoms with Crippen LogP contribution in [-0.4, -0.2) is 55.2 Å². The summed E-state index contributed by atoms with van der Waals surface area (Å²) in [6.45, 7) is 6.21. The lowest BCUT2D eigenvalue weighted by atomic mass is 9.85. The summed E-state index contributed by atoms with van der Waals surface area (Å²) in [5.74, 6) is -1.000. The summed E-state index contributed by atoms with van der Waals surface area (Å²) in [5, 5.41) is 13.1. The average molecular weight is 527 g/mol. The van der Waals surface area contributed by atoms with Crippen LogP contribution in [0.3, 0.4) is 0 Å². The molecule has 36 heavy (non-hydrogen) atoms. The number of rotatable bonds is 7. The number of aliphatic carboxylic acids is 1. The molecule has 0 unspecified atom stereocenters. The molecule has 0 spiro atoms. The van der Waals surface area contributed by atoms with Crippen LogP contribution in [0, 0.1) is 0 Å². The number of thiol groups is 1. The van der Waals surface area contributed by atoms with E-state index < -0.39 is 29.4 Å². The molecule has 3 heterocycles. The number of amides is 1. The van der Waals surface area contributed by atoms with Crippen LogP contribution in [-0.2, 0) is 10.2 Å². The molecule has 3 atom stereocenters. The summed E-state index contributed by atoms with van der Waals surface area (Å²) >= 11 is 5.77. The van der Waals surface area contributed by atoms with Crippen molar-refractivity contribution in [2.24, 2.45) is 0 Å². The van der Waals surface area contributed by atoms with Crippen LogP contribution in [0.4, 0.5) is 0 Å². The van der Waals surface area contributed by atoms with Gasteiger partial charge >= 0.3 is 5.97 Å². The SMILES string of the molecule is COc1cc(C(=O)N2[C@@H](c3nccs3)[C@@H](c3cnccn3)C[C@@]2(CCS)C(=O)O)ccc1C(C)(C)C. The summed E-state index contributed by atoms with van der Waals surface area (Å²) in [4.78, 5) is 41.9. The first-order valence-corrected chi connectivity index (χ1v) is 13.2. The molecule has 0 saturated carbocycles. The van der Waals surface area contributed by atoms with Crippen LogP contribution in [0.2, 0.25) is 0 Å². The predicted molar refractivity (Wildman–Crippen MR) is 141 cm³/mol. The Hall–Kier alpha value is -2.98. The fraction of sp³-hybridized carbons (Fsp3) is 0.423. The Morgan fingerprint density at radius 1 is 1.25 bits per heavy atom. The van der Waals surface area contributed by atoms with Gasteiger partial charge < -0.3 is 14.7 Å². The Morgan fingerprint density at radius 2 is 2.03 bits per heavy atom. The number of carbonyl (C=O) groups is 2. The van der Waals surface area contributed by atoms with Crippen molar-refractivity contribution in [3.05, 3.63) is 70.2 Å². The van der Waals surface area contributed by atoms with Crippen molar-refractivity contribution in [1.29, 1.82) is 0 Å². The Kier molecular flexibility index (Phi) is 7.38. The van der Waals surface area contributed by atoms with E-state index in [0.29, 0.717) is 27.8 Å². The lowest BCUT2D eigenvalue weighted by molar-refractivity contribution is -0.149. The minimum Gasteiger partial charge on any atom is -0.496 e. The molecule has 0 radical (unpaired) electrons. The van der Waals surface area contributed by atoms with Gasteiger partial charge in [-0.15, -0.1) is 11.3 Å². The molecule has 3 aromatic rings. The maximum atomic E-state index is 14.3. The smallest absolute Gasteiger partial charge is 0.329 e. The minimum atomic E-state index is -1.49. The molecule has 10 heteroatoms. The first kappa shape index (κ1) is 26.1. The molecule has 1 aliphatic heterocycles. The molecule has 0 aliphatic carbocycles. The number of benzene rings is 1. The zero-order chi connectivity index (χ0) is 26.1. The molecule has 1 N–H and O–H groups in total. The predicted octanol–water partition coefficient (Wildman–Crippen LogP) is 4.75. The largest absolute Gasteiger partial charge is 0.496 e. The lowest BCUT2D eigenvalue weighted by Crippen LogP contribution is -2.54. The number of methoxy groups -OCH3 is 1. The van der Waals surface area contributed by atoms with E-state index >= 15 is 0 Å². The first-order chi connectivity index (χ1) is 17.1. The van der Waals surface area contributed by atoms with Crippen molar-refractivity contribution in [2.75, 3.05) is 12.9 Å². The van der Waals surface area contributed by atoms with Crippen LogP contribution < -0.4 is 4.74 Å². The quantitative estimate of drug-likeness (QED) is 0.428. The number of hydrogen-bond acceptors (Lipinski definition) is 8. The normalized spacial score (nSPS) is 22.0. The molecule has 190 valence electrons. The number of hydrogen-bond donors (Lipinski definition) is 2. The highest BCUT2D eigenvalue weighted by Crippen LogP contribution is 2.54. The molecular formula is C26H30N4O4S2. The minimum absolute atomic E-state index is 0.174. The van der Waals surface area contributed by atoms with Crippen LogP contribution in [0.25, 0.3) is 0 Å². The standard InChI is InChI=1S/C26H30N4O4S2/c1-25(2,3)18-6-5-16(13-20(18)34-4)23(31)30-21(22-29-10-12-36-22)17(19-15-27-8-9-28-19)14-26(30,7-11-35)24(32)33/h5-6,8-10,12-13,15,17,21,35H,7,11,14H2,1-4H3,(H,32,33)/t17-,21-,26+/m1/s1. The van der Waals surface area contributed by atoms with Gasteiger partial charge in [-0.05, 0) is 41.7 Å². The highest BCUT2D eigenvalue weighted by molar-refractivity contribution is 7.80. The highest BCUT2D eigenvalue weighted by Gasteiger charge is 2.60. The second-order valence-electron chi connectivity index (χ2n) is 9.91. The van der Waals surface area contributed by atoms with Gasteiger partial charge in [0, 0.05) is 41.6 Å². The summed E-state index contributed by atoms with van der Waals surface area (Å²) in [7, 11) is 1.57. The highest BCUT2D eigenvalue weighted by atomic mass is 32.1. The van der Waals surface area contributed by atoms with Crippen molar-refractivity contribution in [3.8, 4) is 5.75 Å². The third-order valence-electron chi connectivity index (χ3n) is 6.74. The van der Waals surface area contributed by atoms with Gasteiger partial charge in [0.05, 0.1) is 18.8 Å². The Balaban J connectivity index is 1.91. The number of thiazole rings is 1. The first-order valence-electron chi connectivity index (χ1n) is 11.7. The lowest BCUT2D eigenvalue weighted by Gasteiger charge is -2.37. The number of nitrogens with zero attached hydrogens (tertiary/aromatic N) is 4. The number of carboxylic acids is 1. The molecule has 0 bridgehead atoms. The maximum absolute atomic E-state index is 14.3. The van der Waals surface area contributed by atoms with E-state index in [4.69, 9.17) is 4.74 Å². The number of likely N-dealkylation sites (tertiary alicyclic amines) is 1. The van der Waals surface area contributed by atoms with Crippen LogP contribution in [0.5, 0.6) is 5.75 Å². The zero-order valence-electron chi connectivity index (χ0n) is 20.7. The molecule has 8 nitrogen and oxygen atoms in total. The Bertz CT molecular complexity index is 1230. The van der Waals surface area contributed by atoms with Gasteiger partial charge in [0.2, 0.25) is 0 Å². The van der Waals surface area contributed by atoms with Gasteiger partial charge in [0.25, 0.3) is 5.91 Å². The van der Waals surface area contributed by atoms with E-state index in [0.717, 1.165) is 5.56 Å². The number of carboxylic acid groups (broad SMARTS) is 1. The van der Waals surface area contributed by atoms with Crippen molar-refractivity contribution >= 4 is 35.8 Å². The van der Waals surface area contributed by atoms with E-state index in [1.165, 1.54) is 16.2 Å². The second kappa shape index (κ2) is 10.2. The summed E-state index contributed by atoms with van der Waals surface area (Å²) in [5.41, 5.74) is 0.242. The Labute approximate surface area is 220 Å². The van der Waals surface area contributed by atoms with Gasteiger partial charge in [-0.25, -0.2) is 9.78 Å². The van der Waals surface area contributed by atoms with E-state index in [1.807, 2.05) is 11.4 Å². The maximum Gasteiger partial charge on any atom is 0.329 e. The molecule has 2 aromatic heterocycles. The van der Waals surface area contributed by atoms with E-state index in [-0.39, 0.29) is 18.3 Å². The van der Waals surface area contributed by atoms with Crippen molar-refractivity contribution < 1.29 is 19.4 Å². The van der Waals surface area contributed by atoms with Crippen molar-refractivity contribution in [3.63, 3.8) is 0 Å². The van der Waals surface area contributed by atoms with Crippen LogP contribution in [0.1, 0.15) is 72.2 Å². The van der Waals surface area contributed by atoms with Crippen LogP contribution in [0.15, 0.2) is 48.4 Å². The van der Waals surface area contributed by atoms with E-state index in [2.05, 4.69) is 48.4 Å².